The van der Waals surface area contributed by atoms with Crippen molar-refractivity contribution in [2.75, 3.05) is 46.1 Å². The molecule has 0 bridgehead atoms. The summed E-state index contributed by atoms with van der Waals surface area (Å²) in [7, 11) is 0. The maximum atomic E-state index is 13.1. The van der Waals surface area contributed by atoms with E-state index in [1.807, 2.05) is 47.9 Å². The lowest BCUT2D eigenvalue weighted by Crippen LogP contribution is -2.56. The Labute approximate surface area is 191 Å². The largest absolute Gasteiger partial charge is 0.378 e. The van der Waals surface area contributed by atoms with Gasteiger partial charge in [0.15, 0.2) is 0 Å². The van der Waals surface area contributed by atoms with Gasteiger partial charge in [-0.2, -0.15) is 8.78 Å². The first-order chi connectivity index (χ1) is 16.0. The highest BCUT2D eigenvalue weighted by atomic mass is 19.3. The number of piperazine rings is 1. The maximum Gasteiger partial charge on any atom is 0.315 e. The number of hydrogen-bond acceptors (Lipinski definition) is 5. The molecule has 3 heterocycles. The molecule has 6 nitrogen and oxygen atoms in total. The summed E-state index contributed by atoms with van der Waals surface area (Å²) in [6.07, 6.45) is -1.16. The first kappa shape index (κ1) is 23.7. The summed E-state index contributed by atoms with van der Waals surface area (Å²) in [6.45, 7) is 5.81. The van der Waals surface area contributed by atoms with E-state index in [0.717, 1.165) is 68.3 Å². The van der Waals surface area contributed by atoms with Gasteiger partial charge >= 0.3 is 6.43 Å². The van der Waals surface area contributed by atoms with Crippen molar-refractivity contribution in [3.63, 3.8) is 0 Å². The molecule has 9 heteroatoms. The van der Waals surface area contributed by atoms with Gasteiger partial charge in [-0.15, -0.1) is 0 Å². The third-order valence-corrected chi connectivity index (χ3v) is 6.25. The molecule has 0 radical (unpaired) electrons. The normalized spacial score (nSPS) is 18.8. The van der Waals surface area contributed by atoms with Crippen LogP contribution in [0, 0.1) is 0 Å². The van der Waals surface area contributed by atoms with Gasteiger partial charge in [0.2, 0.25) is 0 Å². The average molecular weight is 463 g/mol. The summed E-state index contributed by atoms with van der Waals surface area (Å²) in [4.78, 5) is 20.6. The number of alkyl halides is 3. The van der Waals surface area contributed by atoms with Crippen molar-refractivity contribution in [1.29, 1.82) is 0 Å². The molecular formula is C24H29F3N4O2. The number of carbonyl (C=O) groups is 1. The highest BCUT2D eigenvalue weighted by Gasteiger charge is 2.28. The van der Waals surface area contributed by atoms with Crippen LogP contribution in [-0.4, -0.2) is 85.3 Å². The summed E-state index contributed by atoms with van der Waals surface area (Å²) < 4.78 is 43.2. The SMILES string of the molecule is O=C(NC(CF)Cc1ccc(-c2ccc(CN3CCN(C4COC4)CC3)nc2)cc1)C(F)F. The monoisotopic (exact) mass is 462 g/mol. The summed E-state index contributed by atoms with van der Waals surface area (Å²) in [6, 6.07) is 11.1. The van der Waals surface area contributed by atoms with Crippen LogP contribution in [0.25, 0.3) is 11.1 Å². The van der Waals surface area contributed by atoms with Gasteiger partial charge in [-0.05, 0) is 23.6 Å². The van der Waals surface area contributed by atoms with Crippen LogP contribution in [0.15, 0.2) is 42.6 Å². The van der Waals surface area contributed by atoms with Crippen LogP contribution in [0.5, 0.6) is 0 Å². The van der Waals surface area contributed by atoms with Gasteiger partial charge in [-0.25, -0.2) is 4.39 Å². The van der Waals surface area contributed by atoms with Crippen molar-refractivity contribution in [1.82, 2.24) is 20.1 Å². The summed E-state index contributed by atoms with van der Waals surface area (Å²) in [5.74, 6) is -1.45. The number of halogens is 3. The van der Waals surface area contributed by atoms with E-state index in [4.69, 9.17) is 4.74 Å². The fraction of sp³-hybridized carbons (Fsp3) is 0.500. The Kier molecular flexibility index (Phi) is 7.95. The number of carbonyl (C=O) groups excluding carboxylic acids is 1. The van der Waals surface area contributed by atoms with Crippen LogP contribution in [-0.2, 0) is 22.5 Å². The fourth-order valence-corrected chi connectivity index (χ4v) is 4.16. The van der Waals surface area contributed by atoms with Gasteiger partial charge < -0.3 is 10.1 Å². The van der Waals surface area contributed by atoms with E-state index in [9.17, 15) is 18.0 Å². The van der Waals surface area contributed by atoms with Crippen LogP contribution in [0.4, 0.5) is 13.2 Å². The Morgan fingerprint density at radius 2 is 1.76 bits per heavy atom. The lowest BCUT2D eigenvalue weighted by molar-refractivity contribution is -0.132. The molecule has 2 aromatic rings. The molecule has 4 rings (SSSR count). The third-order valence-electron chi connectivity index (χ3n) is 6.25. The first-order valence-electron chi connectivity index (χ1n) is 11.2. The number of nitrogens with one attached hydrogen (secondary N) is 1. The second-order valence-electron chi connectivity index (χ2n) is 8.60. The van der Waals surface area contributed by atoms with Crippen LogP contribution in [0.3, 0.4) is 0 Å². The smallest absolute Gasteiger partial charge is 0.315 e. The minimum absolute atomic E-state index is 0.146. The minimum atomic E-state index is -3.15. The molecule has 0 saturated carbocycles. The topological polar surface area (TPSA) is 57.7 Å². The zero-order valence-corrected chi connectivity index (χ0v) is 18.4. The predicted molar refractivity (Wildman–Crippen MR) is 119 cm³/mol. The van der Waals surface area contributed by atoms with Gasteiger partial charge in [-0.1, -0.05) is 30.3 Å². The number of benzene rings is 1. The second kappa shape index (κ2) is 11.1. The van der Waals surface area contributed by atoms with Gasteiger partial charge in [-0.3, -0.25) is 19.6 Å². The van der Waals surface area contributed by atoms with Crippen LogP contribution in [0.2, 0.25) is 0 Å². The van der Waals surface area contributed by atoms with Crippen molar-refractivity contribution in [2.45, 2.75) is 31.5 Å². The van der Waals surface area contributed by atoms with Crippen molar-refractivity contribution < 1.29 is 22.7 Å². The van der Waals surface area contributed by atoms with Crippen molar-refractivity contribution in [3.05, 3.63) is 53.9 Å². The first-order valence-corrected chi connectivity index (χ1v) is 11.2. The van der Waals surface area contributed by atoms with Crippen molar-refractivity contribution in [3.8, 4) is 11.1 Å². The molecule has 1 aromatic carbocycles. The number of pyridine rings is 1. The average Bonchev–Trinajstić information content (AvgIpc) is 2.79. The van der Waals surface area contributed by atoms with E-state index in [-0.39, 0.29) is 6.42 Å². The minimum Gasteiger partial charge on any atom is -0.378 e. The summed E-state index contributed by atoms with van der Waals surface area (Å²) in [5, 5.41) is 2.03. The second-order valence-corrected chi connectivity index (χ2v) is 8.60. The van der Waals surface area contributed by atoms with E-state index in [1.54, 1.807) is 0 Å². The maximum absolute atomic E-state index is 13.1. The number of hydrogen-bond donors (Lipinski definition) is 1. The molecule has 1 aromatic heterocycles. The molecule has 2 fully saturated rings. The van der Waals surface area contributed by atoms with Crippen molar-refractivity contribution in [2.24, 2.45) is 0 Å². The molecule has 0 aliphatic carbocycles. The van der Waals surface area contributed by atoms with Gasteiger partial charge in [0.05, 0.1) is 31.0 Å². The van der Waals surface area contributed by atoms with E-state index >= 15 is 0 Å². The molecule has 2 aliphatic rings. The molecule has 1 amide bonds. The number of ether oxygens (including phenoxy) is 1. The summed E-state index contributed by atoms with van der Waals surface area (Å²) in [5.41, 5.74) is 3.71. The lowest BCUT2D eigenvalue weighted by Gasteiger charge is -2.42. The van der Waals surface area contributed by atoms with Crippen LogP contribution >= 0.6 is 0 Å². The lowest BCUT2D eigenvalue weighted by atomic mass is 10.0. The van der Waals surface area contributed by atoms with E-state index < -0.39 is 25.0 Å². The number of nitrogens with zero attached hydrogens (tertiary/aromatic N) is 3. The Balaban J connectivity index is 1.28. The third kappa shape index (κ3) is 6.31. The Bertz CT molecular complexity index is 899. The van der Waals surface area contributed by atoms with Gasteiger partial charge in [0.1, 0.15) is 6.67 Å². The number of aromatic nitrogens is 1. The molecule has 1 N–H and O–H groups in total. The highest BCUT2D eigenvalue weighted by molar-refractivity contribution is 5.79. The molecule has 0 spiro atoms. The predicted octanol–water partition coefficient (Wildman–Crippen LogP) is 2.53. The Morgan fingerprint density at radius 3 is 2.30 bits per heavy atom. The summed E-state index contributed by atoms with van der Waals surface area (Å²) >= 11 is 0. The van der Waals surface area contributed by atoms with E-state index in [1.165, 1.54) is 0 Å². The molecule has 1 atom stereocenters. The number of rotatable bonds is 9. The zero-order valence-electron chi connectivity index (χ0n) is 18.4. The quantitative estimate of drug-likeness (QED) is 0.621. The van der Waals surface area contributed by atoms with E-state index in [2.05, 4.69) is 14.8 Å². The fourth-order valence-electron chi connectivity index (χ4n) is 4.16. The molecular weight excluding hydrogens is 433 g/mol. The van der Waals surface area contributed by atoms with Crippen LogP contribution < -0.4 is 5.32 Å². The molecule has 2 saturated heterocycles. The number of amides is 1. The standard InChI is InChI=1S/C24H29F3N4O2/c25-12-21(29-24(32)23(26)27)11-17-1-3-18(4-2-17)19-5-6-20(28-13-19)14-30-7-9-31(10-8-30)22-15-33-16-22/h1-6,13,21-23H,7-12,14-16H2,(H,29,32). The van der Waals surface area contributed by atoms with Gasteiger partial charge in [0.25, 0.3) is 5.91 Å². The highest BCUT2D eigenvalue weighted by Crippen LogP contribution is 2.21. The Morgan fingerprint density at radius 1 is 1.06 bits per heavy atom. The zero-order chi connectivity index (χ0) is 23.2. The van der Waals surface area contributed by atoms with Crippen LogP contribution in [0.1, 0.15) is 11.3 Å². The molecule has 2 aliphatic heterocycles. The van der Waals surface area contributed by atoms with E-state index in [0.29, 0.717) is 6.04 Å². The molecule has 1 unspecified atom stereocenters. The van der Waals surface area contributed by atoms with Gasteiger partial charge in [0, 0.05) is 44.5 Å². The molecule has 178 valence electrons. The van der Waals surface area contributed by atoms with Crippen molar-refractivity contribution >= 4 is 5.91 Å². The molecule has 33 heavy (non-hydrogen) atoms. The Hall–Kier alpha value is -2.49.